The number of rotatable bonds is 6. The Hall–Kier alpha value is -1.02. The minimum Gasteiger partial charge on any atom is -0.394 e. The van der Waals surface area contributed by atoms with Gasteiger partial charge < -0.3 is 29.9 Å². The lowest BCUT2D eigenvalue weighted by molar-refractivity contribution is -0.301. The van der Waals surface area contributed by atoms with Gasteiger partial charge in [0.15, 0.2) is 6.29 Å². The maximum absolute atomic E-state index is 9.80. The lowest BCUT2D eigenvalue weighted by atomic mass is 9.99. The maximum atomic E-state index is 9.80. The second kappa shape index (κ2) is 7.84. The molecular weight excluding hydrogens is 276 g/mol. The molecule has 0 bridgehead atoms. The van der Waals surface area contributed by atoms with E-state index in [1.165, 1.54) is 5.56 Å². The fourth-order valence-electron chi connectivity index (χ4n) is 2.33. The van der Waals surface area contributed by atoms with Crippen LogP contribution in [0, 0.1) is 0 Å². The van der Waals surface area contributed by atoms with Crippen molar-refractivity contribution in [2.75, 3.05) is 13.2 Å². The summed E-state index contributed by atoms with van der Waals surface area (Å²) in [4.78, 5) is 0. The van der Waals surface area contributed by atoms with Crippen LogP contribution in [0.15, 0.2) is 30.3 Å². The molecule has 0 aliphatic carbocycles. The van der Waals surface area contributed by atoms with Gasteiger partial charge in [0.1, 0.15) is 24.4 Å². The Morgan fingerprint density at radius 1 is 1.00 bits per heavy atom. The van der Waals surface area contributed by atoms with Gasteiger partial charge >= 0.3 is 0 Å². The van der Waals surface area contributed by atoms with E-state index in [9.17, 15) is 15.3 Å². The van der Waals surface area contributed by atoms with E-state index >= 15 is 0 Å². The summed E-state index contributed by atoms with van der Waals surface area (Å²) in [5, 5.41) is 38.1. The van der Waals surface area contributed by atoms with Crippen molar-refractivity contribution in [2.24, 2.45) is 0 Å². The van der Waals surface area contributed by atoms with Gasteiger partial charge in [-0.3, -0.25) is 0 Å². The van der Waals surface area contributed by atoms with E-state index in [-0.39, 0.29) is 0 Å². The molecule has 21 heavy (non-hydrogen) atoms. The van der Waals surface area contributed by atoms with Crippen molar-refractivity contribution in [2.45, 2.75) is 43.5 Å². The molecule has 1 unspecified atom stereocenters. The Morgan fingerprint density at radius 3 is 2.38 bits per heavy atom. The highest BCUT2D eigenvalue weighted by Crippen LogP contribution is 2.22. The summed E-state index contributed by atoms with van der Waals surface area (Å²) in [6.45, 7) is -0.105. The third-order valence-corrected chi connectivity index (χ3v) is 3.58. The lowest BCUT2D eigenvalue weighted by Gasteiger charge is -2.39. The molecule has 5 atom stereocenters. The van der Waals surface area contributed by atoms with Crippen LogP contribution in [0.5, 0.6) is 0 Å². The topological polar surface area (TPSA) is 99.4 Å². The lowest BCUT2D eigenvalue weighted by Crippen LogP contribution is -2.59. The zero-order valence-corrected chi connectivity index (χ0v) is 11.7. The van der Waals surface area contributed by atoms with Crippen molar-refractivity contribution in [1.82, 2.24) is 0 Å². The molecule has 1 aromatic carbocycles. The summed E-state index contributed by atoms with van der Waals surface area (Å²) in [6, 6.07) is 9.93. The van der Waals surface area contributed by atoms with Crippen LogP contribution in [0.1, 0.15) is 12.0 Å². The first kappa shape index (κ1) is 16.4. The molecule has 0 radical (unpaired) electrons. The molecule has 0 amide bonds. The zero-order valence-electron chi connectivity index (χ0n) is 11.7. The number of ether oxygens (including phenoxy) is 2. The van der Waals surface area contributed by atoms with Crippen LogP contribution in [0.3, 0.4) is 0 Å². The van der Waals surface area contributed by atoms with Crippen molar-refractivity contribution >= 4 is 0 Å². The Bertz CT molecular complexity index is 410. The molecule has 4 N–H and O–H groups in total. The molecule has 1 saturated heterocycles. The summed E-state index contributed by atoms with van der Waals surface area (Å²) in [5.74, 6) is 0. The van der Waals surface area contributed by atoms with Crippen molar-refractivity contribution < 1.29 is 29.9 Å². The van der Waals surface area contributed by atoms with Crippen LogP contribution in [-0.4, -0.2) is 64.3 Å². The molecule has 0 aromatic heterocycles. The summed E-state index contributed by atoms with van der Waals surface area (Å²) >= 11 is 0. The molecule has 1 aromatic rings. The third-order valence-electron chi connectivity index (χ3n) is 3.58. The first-order chi connectivity index (χ1) is 10.1. The standard InChI is InChI=1S/C15H22O6/c16-9-11-12(17)13(18)14(19)15(21-11)20-8-4-7-10-5-2-1-3-6-10/h1-3,5-6,11-19H,4,7-9H2/t11-,12-,13+,14-,15?/m1/s1. The maximum Gasteiger partial charge on any atom is 0.186 e. The predicted molar refractivity (Wildman–Crippen MR) is 74.5 cm³/mol. The van der Waals surface area contributed by atoms with Crippen LogP contribution in [0.2, 0.25) is 0 Å². The molecule has 2 rings (SSSR count). The van der Waals surface area contributed by atoms with E-state index in [2.05, 4.69) is 0 Å². The van der Waals surface area contributed by atoms with Gasteiger partial charge in [-0.1, -0.05) is 30.3 Å². The largest absolute Gasteiger partial charge is 0.394 e. The Labute approximate surface area is 123 Å². The minimum absolute atomic E-state index is 0.345. The van der Waals surface area contributed by atoms with Gasteiger partial charge in [0, 0.05) is 0 Å². The summed E-state index contributed by atoms with van der Waals surface area (Å²) < 4.78 is 10.7. The normalized spacial score (nSPS) is 33.0. The van der Waals surface area contributed by atoms with Crippen LogP contribution >= 0.6 is 0 Å². The number of hydrogen-bond donors (Lipinski definition) is 4. The van der Waals surface area contributed by atoms with Crippen molar-refractivity contribution in [3.63, 3.8) is 0 Å². The van der Waals surface area contributed by atoms with E-state index in [1.807, 2.05) is 30.3 Å². The van der Waals surface area contributed by atoms with Crippen molar-refractivity contribution in [3.8, 4) is 0 Å². The highest BCUT2D eigenvalue weighted by Gasteiger charge is 2.43. The minimum atomic E-state index is -1.39. The SMILES string of the molecule is OC[C@H]1OC(OCCCc2ccccc2)[C@H](O)[C@@H](O)[C@@H]1O. The van der Waals surface area contributed by atoms with E-state index in [1.54, 1.807) is 0 Å². The van der Waals surface area contributed by atoms with Gasteiger partial charge in [-0.2, -0.15) is 0 Å². The van der Waals surface area contributed by atoms with Crippen LogP contribution in [-0.2, 0) is 15.9 Å². The van der Waals surface area contributed by atoms with E-state index in [0.717, 1.165) is 12.8 Å². The monoisotopic (exact) mass is 298 g/mol. The quantitative estimate of drug-likeness (QED) is 0.525. The summed E-state index contributed by atoms with van der Waals surface area (Å²) in [6.07, 6.45) is -4.49. The average molecular weight is 298 g/mol. The molecule has 1 aliphatic rings. The van der Waals surface area contributed by atoms with E-state index in [4.69, 9.17) is 14.6 Å². The first-order valence-corrected chi connectivity index (χ1v) is 7.09. The van der Waals surface area contributed by atoms with Crippen molar-refractivity contribution in [3.05, 3.63) is 35.9 Å². The van der Waals surface area contributed by atoms with Crippen molar-refractivity contribution in [1.29, 1.82) is 0 Å². The molecule has 6 nitrogen and oxygen atoms in total. The summed E-state index contributed by atoms with van der Waals surface area (Å²) in [7, 11) is 0. The zero-order chi connectivity index (χ0) is 15.2. The Morgan fingerprint density at radius 2 is 1.71 bits per heavy atom. The van der Waals surface area contributed by atoms with Crippen LogP contribution in [0.4, 0.5) is 0 Å². The predicted octanol–water partition coefficient (Wildman–Crippen LogP) is -0.564. The molecule has 118 valence electrons. The van der Waals surface area contributed by atoms with Crippen LogP contribution in [0.25, 0.3) is 0 Å². The van der Waals surface area contributed by atoms with Gasteiger partial charge in [0.25, 0.3) is 0 Å². The van der Waals surface area contributed by atoms with Gasteiger partial charge in [0.2, 0.25) is 0 Å². The molecule has 1 heterocycles. The van der Waals surface area contributed by atoms with Gasteiger partial charge in [-0.15, -0.1) is 0 Å². The second-order valence-corrected chi connectivity index (χ2v) is 5.16. The number of aliphatic hydroxyl groups is 4. The van der Waals surface area contributed by atoms with Gasteiger partial charge in [-0.05, 0) is 18.4 Å². The molecule has 0 spiro atoms. The average Bonchev–Trinajstić information content (AvgIpc) is 2.52. The smallest absolute Gasteiger partial charge is 0.186 e. The molecule has 0 saturated carbocycles. The number of aliphatic hydroxyl groups excluding tert-OH is 4. The number of benzene rings is 1. The van der Waals surface area contributed by atoms with E-state index < -0.39 is 37.3 Å². The van der Waals surface area contributed by atoms with Gasteiger partial charge in [0.05, 0.1) is 13.2 Å². The third kappa shape index (κ3) is 4.23. The summed E-state index contributed by atoms with van der Waals surface area (Å²) in [5.41, 5.74) is 1.19. The molecule has 6 heteroatoms. The van der Waals surface area contributed by atoms with E-state index in [0.29, 0.717) is 6.61 Å². The molecule has 1 fully saturated rings. The Kier molecular flexibility index (Phi) is 6.10. The Balaban J connectivity index is 1.77. The molecule has 1 aliphatic heterocycles. The highest BCUT2D eigenvalue weighted by molar-refractivity contribution is 5.14. The first-order valence-electron chi connectivity index (χ1n) is 7.09. The van der Waals surface area contributed by atoms with Crippen LogP contribution < -0.4 is 0 Å². The fourth-order valence-corrected chi connectivity index (χ4v) is 2.33. The highest BCUT2D eigenvalue weighted by atomic mass is 16.7. The fraction of sp³-hybridized carbons (Fsp3) is 0.600. The van der Waals surface area contributed by atoms with Gasteiger partial charge in [-0.25, -0.2) is 0 Å². The molecular formula is C15H22O6. The number of aryl methyl sites for hydroxylation is 1. The second-order valence-electron chi connectivity index (χ2n) is 5.16. The number of hydrogen-bond acceptors (Lipinski definition) is 6.